The Kier molecular flexibility index (Phi) is 17.7. The van der Waals surface area contributed by atoms with Gasteiger partial charge in [0, 0.05) is 39.1 Å². The lowest BCUT2D eigenvalue weighted by Crippen LogP contribution is -2.44. The third kappa shape index (κ3) is 14.8. The van der Waals surface area contributed by atoms with Crippen LogP contribution in [0.4, 0.5) is 0 Å². The molecule has 2 unspecified atom stereocenters. The molecular weight excluding hydrogens is 561 g/mol. The van der Waals surface area contributed by atoms with Crippen LogP contribution >= 0.6 is 18.9 Å². The van der Waals surface area contributed by atoms with Gasteiger partial charge < -0.3 is 28.7 Å². The molecule has 0 aromatic carbocycles. The molecule has 0 heterocycles. The normalized spacial score (nSPS) is 18.4. The van der Waals surface area contributed by atoms with Crippen LogP contribution in [-0.4, -0.2) is 56.1 Å². The fraction of sp³-hybridized carbons (Fsp3) is 0.323. The van der Waals surface area contributed by atoms with Crippen molar-refractivity contribution in [2.24, 2.45) is 5.92 Å². The molecule has 0 bridgehead atoms. The highest BCUT2D eigenvalue weighted by atomic mass is 32.5. The summed E-state index contributed by atoms with van der Waals surface area (Å²) in [4.78, 5) is 10.4. The molecule has 1 aliphatic carbocycles. The number of ether oxygens (including phenoxy) is 2. The smallest absolute Gasteiger partial charge is 0.324 e. The van der Waals surface area contributed by atoms with E-state index >= 15 is 0 Å². The summed E-state index contributed by atoms with van der Waals surface area (Å²) in [6.45, 7) is -1.34. The zero-order valence-electron chi connectivity index (χ0n) is 22.1. The molecule has 2 N–H and O–H groups in total. The van der Waals surface area contributed by atoms with Crippen molar-refractivity contribution in [3.05, 3.63) is 0 Å². The van der Waals surface area contributed by atoms with Gasteiger partial charge in [-0.3, -0.25) is 0 Å². The monoisotopic (exact) mass is 583 g/mol. The van der Waals surface area contributed by atoms with Gasteiger partial charge in [0.15, 0.2) is 4.99 Å². The molecule has 0 spiro atoms. The van der Waals surface area contributed by atoms with Crippen LogP contribution in [-0.2, 0) is 30.3 Å². The van der Waals surface area contributed by atoms with Gasteiger partial charge in [0.25, 0.3) is 0 Å². The van der Waals surface area contributed by atoms with Gasteiger partial charge in [-0.2, -0.15) is 0 Å². The van der Waals surface area contributed by atoms with E-state index in [0.717, 1.165) is 0 Å². The lowest BCUT2D eigenvalue weighted by molar-refractivity contribution is -0.0205. The second-order valence-electron chi connectivity index (χ2n) is 7.08. The van der Waals surface area contributed by atoms with E-state index in [1.165, 1.54) is 14.2 Å². The predicted molar refractivity (Wildman–Crippen MR) is 162 cm³/mol. The SMILES string of the molecule is CC#CC#CC#CC#CC#CC#CC#CC#CC#CC#CC(=S)N[C@@H]1C[C@H](COC)C(OP(O)(=S)OC)[C@@H]1OC. The average molecular weight is 584 g/mol. The highest BCUT2D eigenvalue weighted by Gasteiger charge is 2.47. The number of nitrogens with one attached hydrogen (secondary N) is 1. The molecule has 0 aromatic rings. The minimum atomic E-state index is -3.40. The molecule has 1 saturated carbocycles. The number of hydrogen-bond acceptors (Lipinski definition) is 6. The highest BCUT2D eigenvalue weighted by Crippen LogP contribution is 2.48. The summed E-state index contributed by atoms with van der Waals surface area (Å²) in [7, 11) is 4.41. The van der Waals surface area contributed by atoms with Crippen molar-refractivity contribution < 1.29 is 23.4 Å². The van der Waals surface area contributed by atoms with Crippen molar-refractivity contribution >= 4 is 35.7 Å². The van der Waals surface area contributed by atoms with E-state index in [4.69, 9.17) is 42.5 Å². The minimum Gasteiger partial charge on any atom is -0.384 e. The van der Waals surface area contributed by atoms with Crippen molar-refractivity contribution in [1.82, 2.24) is 5.32 Å². The van der Waals surface area contributed by atoms with Crippen LogP contribution in [0.5, 0.6) is 0 Å². The van der Waals surface area contributed by atoms with Crippen LogP contribution < -0.4 is 5.32 Å². The number of rotatable bonds is 7. The van der Waals surface area contributed by atoms with Gasteiger partial charge in [0.2, 0.25) is 0 Å². The van der Waals surface area contributed by atoms with Crippen LogP contribution in [0.2, 0.25) is 0 Å². The fourth-order valence-electron chi connectivity index (χ4n) is 3.11. The van der Waals surface area contributed by atoms with Gasteiger partial charge in [-0.25, -0.2) is 0 Å². The van der Waals surface area contributed by atoms with Gasteiger partial charge in [0.1, 0.15) is 12.2 Å². The second-order valence-corrected chi connectivity index (χ2v) is 10.4. The lowest BCUT2D eigenvalue weighted by Gasteiger charge is -2.28. The summed E-state index contributed by atoms with van der Waals surface area (Å²) in [6.07, 6.45) is -0.421. The van der Waals surface area contributed by atoms with Crippen LogP contribution in [0.1, 0.15) is 13.3 Å². The predicted octanol–water partition coefficient (Wildman–Crippen LogP) is 1.26. The first-order chi connectivity index (χ1) is 19.4. The lowest BCUT2D eigenvalue weighted by atomic mass is 10.1. The largest absolute Gasteiger partial charge is 0.384 e. The second kappa shape index (κ2) is 20.8. The molecular formula is C31H22NO5PS2. The molecule has 40 heavy (non-hydrogen) atoms. The van der Waals surface area contributed by atoms with Crippen LogP contribution in [0.15, 0.2) is 0 Å². The Bertz CT molecular complexity index is 1630. The number of hydrogen-bond donors (Lipinski definition) is 2. The zero-order valence-corrected chi connectivity index (χ0v) is 24.6. The zero-order chi connectivity index (χ0) is 29.5. The van der Waals surface area contributed by atoms with Crippen molar-refractivity contribution in [3.63, 3.8) is 0 Å². The van der Waals surface area contributed by atoms with Crippen LogP contribution in [0.3, 0.4) is 0 Å². The summed E-state index contributed by atoms with van der Waals surface area (Å²) in [5.74, 6) is 50.9. The third-order valence-corrected chi connectivity index (χ3v) is 6.46. The van der Waals surface area contributed by atoms with Gasteiger partial charge in [-0.1, -0.05) is 18.1 Å². The summed E-state index contributed by atoms with van der Waals surface area (Å²) in [5, 5.41) is 3.14. The quantitative estimate of drug-likeness (QED) is 0.264. The first kappa shape index (κ1) is 34.0. The average Bonchev–Trinajstić information content (AvgIpc) is 3.24. The maximum atomic E-state index is 10.1. The maximum Gasteiger partial charge on any atom is 0.324 e. The first-order valence-corrected chi connectivity index (χ1v) is 14.2. The standard InChI is InChI=1S/C31H22NO5PS2/c1-5-6-7-8-9-10-11-12-13-14-15-16-17-18-19-20-21-22-23-24-29(39)32-28-25-27(26-34-2)30(31(28)35-3)37-38(33,40)36-4/h27-28,30-31H,25-26H2,1-4H3,(H,32,39)(H,33,40)/t27-,28-,30?,31-,38?/m1/s1. The molecule has 0 radical (unpaired) electrons. The fourth-order valence-corrected chi connectivity index (χ4v) is 4.29. The minimum absolute atomic E-state index is 0.105. The van der Waals surface area contributed by atoms with E-state index in [1.807, 2.05) is 0 Å². The Labute approximate surface area is 247 Å². The van der Waals surface area contributed by atoms with Crippen LogP contribution in [0, 0.1) is 124 Å². The maximum absolute atomic E-state index is 10.1. The summed E-state index contributed by atoms with van der Waals surface area (Å²) in [6, 6.07) is -0.246. The molecule has 5 atom stereocenters. The summed E-state index contributed by atoms with van der Waals surface area (Å²) < 4.78 is 21.5. The molecule has 6 nitrogen and oxygen atoms in total. The van der Waals surface area contributed by atoms with E-state index in [1.54, 1.807) is 14.0 Å². The van der Waals surface area contributed by atoms with Crippen molar-refractivity contribution in [1.29, 1.82) is 0 Å². The molecule has 1 fully saturated rings. The van der Waals surface area contributed by atoms with Crippen molar-refractivity contribution in [2.75, 3.05) is 27.9 Å². The first-order valence-electron chi connectivity index (χ1n) is 11.2. The van der Waals surface area contributed by atoms with E-state index in [9.17, 15) is 4.89 Å². The van der Waals surface area contributed by atoms with Gasteiger partial charge in [-0.15, -0.1) is 0 Å². The summed E-state index contributed by atoms with van der Waals surface area (Å²) >= 11 is 10.3. The topological polar surface area (TPSA) is 69.2 Å². The molecule has 1 aliphatic rings. The van der Waals surface area contributed by atoms with E-state index < -0.39 is 18.9 Å². The third-order valence-electron chi connectivity index (χ3n) is 4.56. The number of thiocarbonyl (C=S) groups is 1. The molecule has 9 heteroatoms. The van der Waals surface area contributed by atoms with Gasteiger partial charge in [-0.05, 0) is 126 Å². The van der Waals surface area contributed by atoms with E-state index in [0.29, 0.717) is 13.0 Å². The molecule has 198 valence electrons. The van der Waals surface area contributed by atoms with Gasteiger partial charge >= 0.3 is 6.72 Å². The Morgan fingerprint density at radius 2 is 1.23 bits per heavy atom. The molecule has 0 saturated heterocycles. The van der Waals surface area contributed by atoms with Crippen LogP contribution in [0.25, 0.3) is 0 Å². The number of methoxy groups -OCH3 is 2. The van der Waals surface area contributed by atoms with Crippen molar-refractivity contribution in [3.8, 4) is 118 Å². The molecule has 0 aromatic heterocycles. The van der Waals surface area contributed by atoms with Gasteiger partial charge in [0.05, 0.1) is 12.6 Å². The molecule has 1 rings (SSSR count). The Balaban J connectivity index is 2.64. The summed E-state index contributed by atoms with van der Waals surface area (Å²) in [5.41, 5.74) is 0. The molecule has 0 amide bonds. The van der Waals surface area contributed by atoms with Crippen molar-refractivity contribution in [2.45, 2.75) is 31.6 Å². The Morgan fingerprint density at radius 3 is 1.62 bits per heavy atom. The highest BCUT2D eigenvalue weighted by molar-refractivity contribution is 8.07. The Hall–Kier alpha value is -4.06. The van der Waals surface area contributed by atoms with E-state index in [2.05, 4.69) is 124 Å². The van der Waals surface area contributed by atoms with E-state index in [-0.39, 0.29) is 16.9 Å². The Morgan fingerprint density at radius 1 is 0.775 bits per heavy atom. The molecule has 0 aliphatic heterocycles.